The highest BCUT2D eigenvalue weighted by atomic mass is 35.5. The first-order valence-corrected chi connectivity index (χ1v) is 7.33. The molecule has 0 saturated carbocycles. The fourth-order valence-corrected chi connectivity index (χ4v) is 3.01. The van der Waals surface area contributed by atoms with Crippen LogP contribution in [0, 0.1) is 5.82 Å². The number of hydrogen-bond donors (Lipinski definition) is 1. The molecule has 1 rings (SSSR count). The first-order chi connectivity index (χ1) is 9.29. The van der Waals surface area contributed by atoms with Crippen LogP contribution in [-0.4, -0.2) is 46.6 Å². The van der Waals surface area contributed by atoms with Crippen LogP contribution >= 0.6 is 12.4 Å². The fourth-order valence-electron chi connectivity index (χ4n) is 1.57. The van der Waals surface area contributed by atoms with E-state index in [-0.39, 0.29) is 30.5 Å². The zero-order valence-electron chi connectivity index (χ0n) is 12.3. The third-order valence-corrected chi connectivity index (χ3v) is 5.04. The molecule has 0 aliphatic heterocycles. The van der Waals surface area contributed by atoms with E-state index in [0.717, 1.165) is 16.4 Å². The molecule has 0 heterocycles. The van der Waals surface area contributed by atoms with Gasteiger partial charge in [-0.1, -0.05) is 0 Å². The Kier molecular flexibility index (Phi) is 7.38. The number of nitrogens with two attached hydrogens (primary N) is 1. The van der Waals surface area contributed by atoms with Crippen LogP contribution in [0.5, 0.6) is 11.5 Å². The van der Waals surface area contributed by atoms with Crippen molar-refractivity contribution in [3.05, 3.63) is 17.9 Å². The maximum Gasteiger partial charge on any atom is 0.246 e. The number of likely N-dealkylation sites (N-methyl/N-ethyl adjacent to an activating group) is 1. The molecule has 0 amide bonds. The van der Waals surface area contributed by atoms with Crippen molar-refractivity contribution >= 4 is 22.4 Å². The van der Waals surface area contributed by atoms with Gasteiger partial charge in [0, 0.05) is 31.8 Å². The zero-order valence-corrected chi connectivity index (χ0v) is 13.9. The molecule has 1 aromatic rings. The molecule has 21 heavy (non-hydrogen) atoms. The van der Waals surface area contributed by atoms with E-state index < -0.39 is 26.8 Å². The lowest BCUT2D eigenvalue weighted by atomic mass is 10.3. The minimum absolute atomic E-state index is 0. The monoisotopic (exact) mass is 342 g/mol. The first-order valence-electron chi connectivity index (χ1n) is 5.89. The smallest absolute Gasteiger partial charge is 0.246 e. The van der Waals surface area contributed by atoms with E-state index in [2.05, 4.69) is 0 Å². The number of ether oxygens (including phenoxy) is 2. The van der Waals surface area contributed by atoms with E-state index >= 15 is 0 Å². The van der Waals surface area contributed by atoms with Crippen LogP contribution in [0.4, 0.5) is 4.39 Å². The van der Waals surface area contributed by atoms with Crippen LogP contribution in [-0.2, 0) is 10.0 Å². The molecule has 0 radical (unpaired) electrons. The Bertz CT molecular complexity index is 583. The normalized spacial score (nSPS) is 12.7. The Morgan fingerprint density at radius 3 is 2.19 bits per heavy atom. The molecule has 2 N–H and O–H groups in total. The highest BCUT2D eigenvalue weighted by Crippen LogP contribution is 2.33. The van der Waals surface area contributed by atoms with Crippen molar-refractivity contribution in [2.75, 3.05) is 27.8 Å². The van der Waals surface area contributed by atoms with Crippen LogP contribution < -0.4 is 15.2 Å². The molecule has 6 nitrogen and oxygen atoms in total. The molecule has 0 aliphatic rings. The van der Waals surface area contributed by atoms with E-state index in [4.69, 9.17) is 15.2 Å². The Balaban J connectivity index is 0.00000400. The summed E-state index contributed by atoms with van der Waals surface area (Å²) in [6.45, 7) is 1.76. The number of halogens is 2. The van der Waals surface area contributed by atoms with Crippen molar-refractivity contribution in [1.29, 1.82) is 0 Å². The van der Waals surface area contributed by atoms with Crippen molar-refractivity contribution in [2.24, 2.45) is 5.73 Å². The van der Waals surface area contributed by atoms with Crippen molar-refractivity contribution in [2.45, 2.75) is 17.9 Å². The highest BCUT2D eigenvalue weighted by molar-refractivity contribution is 7.89. The van der Waals surface area contributed by atoms with Crippen LogP contribution in [0.25, 0.3) is 0 Å². The van der Waals surface area contributed by atoms with Gasteiger partial charge in [0.1, 0.15) is 10.7 Å². The summed E-state index contributed by atoms with van der Waals surface area (Å²) in [5, 5.41) is 0. The fraction of sp³-hybridized carbons (Fsp3) is 0.500. The Labute approximate surface area is 130 Å². The number of benzene rings is 1. The summed E-state index contributed by atoms with van der Waals surface area (Å²) in [6.07, 6.45) is 0. The van der Waals surface area contributed by atoms with Gasteiger partial charge in [-0.2, -0.15) is 4.31 Å². The summed E-state index contributed by atoms with van der Waals surface area (Å²) >= 11 is 0. The summed E-state index contributed by atoms with van der Waals surface area (Å²) in [7, 11) is 0.0414. The summed E-state index contributed by atoms with van der Waals surface area (Å²) in [6, 6.07) is 1.63. The van der Waals surface area contributed by atoms with E-state index in [1.807, 2.05) is 0 Å². The van der Waals surface area contributed by atoms with E-state index in [1.165, 1.54) is 21.3 Å². The molecule has 0 bridgehead atoms. The van der Waals surface area contributed by atoms with Gasteiger partial charge in [0.25, 0.3) is 0 Å². The molecule has 122 valence electrons. The quantitative estimate of drug-likeness (QED) is 0.841. The Hall–Kier alpha value is -1.09. The summed E-state index contributed by atoms with van der Waals surface area (Å²) in [5.41, 5.74) is 5.44. The van der Waals surface area contributed by atoms with Gasteiger partial charge in [-0.05, 0) is 6.92 Å². The molecule has 0 aliphatic carbocycles. The van der Waals surface area contributed by atoms with Crippen LogP contribution in [0.3, 0.4) is 0 Å². The number of hydrogen-bond acceptors (Lipinski definition) is 5. The van der Waals surface area contributed by atoms with Crippen LogP contribution in [0.15, 0.2) is 17.0 Å². The van der Waals surface area contributed by atoms with E-state index in [9.17, 15) is 12.8 Å². The Morgan fingerprint density at radius 1 is 1.29 bits per heavy atom. The summed E-state index contributed by atoms with van der Waals surface area (Å²) < 4.78 is 49.7. The van der Waals surface area contributed by atoms with Gasteiger partial charge in [-0.3, -0.25) is 0 Å². The van der Waals surface area contributed by atoms with E-state index in [0.29, 0.717) is 0 Å². The SMILES string of the molecule is COc1cc(F)c(S(=O)(=O)N(C)C(C)CN)cc1OC.Cl. The topological polar surface area (TPSA) is 81.9 Å². The van der Waals surface area contributed by atoms with Crippen LogP contribution in [0.2, 0.25) is 0 Å². The lowest BCUT2D eigenvalue weighted by Crippen LogP contribution is -2.40. The Morgan fingerprint density at radius 2 is 1.76 bits per heavy atom. The average molecular weight is 343 g/mol. The van der Waals surface area contributed by atoms with Gasteiger partial charge < -0.3 is 15.2 Å². The molecule has 1 aromatic carbocycles. The maximum absolute atomic E-state index is 14.0. The third kappa shape index (κ3) is 3.97. The highest BCUT2D eigenvalue weighted by Gasteiger charge is 2.29. The lowest BCUT2D eigenvalue weighted by molar-refractivity contribution is 0.348. The van der Waals surface area contributed by atoms with Gasteiger partial charge in [-0.15, -0.1) is 12.4 Å². The van der Waals surface area contributed by atoms with Gasteiger partial charge in [0.15, 0.2) is 11.5 Å². The number of rotatable bonds is 6. The lowest BCUT2D eigenvalue weighted by Gasteiger charge is -2.23. The predicted octanol–water partition coefficient (Wildman–Crippen LogP) is 1.23. The molecule has 0 aromatic heterocycles. The van der Waals surface area contributed by atoms with Gasteiger partial charge in [-0.25, -0.2) is 12.8 Å². The second-order valence-electron chi connectivity index (χ2n) is 4.24. The van der Waals surface area contributed by atoms with Crippen molar-refractivity contribution in [3.63, 3.8) is 0 Å². The van der Waals surface area contributed by atoms with Crippen molar-refractivity contribution in [1.82, 2.24) is 4.31 Å². The second-order valence-corrected chi connectivity index (χ2v) is 6.21. The standard InChI is InChI=1S/C12H19FN2O4S.ClH/c1-8(7-14)15(2)20(16,17)12-6-11(19-4)10(18-3)5-9(12)13;/h5-6,8H,7,14H2,1-4H3;1H. The van der Waals surface area contributed by atoms with Crippen LogP contribution in [0.1, 0.15) is 6.92 Å². The predicted molar refractivity (Wildman–Crippen MR) is 80.2 cm³/mol. The molecular weight excluding hydrogens is 323 g/mol. The number of methoxy groups -OCH3 is 2. The first kappa shape index (κ1) is 19.9. The van der Waals surface area contributed by atoms with Crippen molar-refractivity contribution < 1.29 is 22.3 Å². The van der Waals surface area contributed by atoms with Crippen molar-refractivity contribution in [3.8, 4) is 11.5 Å². The molecule has 0 fully saturated rings. The third-order valence-electron chi connectivity index (χ3n) is 3.06. The zero-order chi connectivity index (χ0) is 15.5. The molecule has 1 unspecified atom stereocenters. The molecule has 9 heteroatoms. The maximum atomic E-state index is 14.0. The summed E-state index contributed by atoms with van der Waals surface area (Å²) in [4.78, 5) is -0.474. The summed E-state index contributed by atoms with van der Waals surface area (Å²) in [5.74, 6) is -0.640. The minimum atomic E-state index is -4.00. The van der Waals surface area contributed by atoms with E-state index in [1.54, 1.807) is 6.92 Å². The minimum Gasteiger partial charge on any atom is -0.493 e. The molecule has 0 saturated heterocycles. The largest absolute Gasteiger partial charge is 0.493 e. The molecular formula is C12H20ClFN2O4S. The molecule has 0 spiro atoms. The second kappa shape index (κ2) is 7.79. The average Bonchev–Trinajstić information content (AvgIpc) is 2.44. The van der Waals surface area contributed by atoms with Gasteiger partial charge >= 0.3 is 0 Å². The number of sulfonamides is 1. The van der Waals surface area contributed by atoms with Gasteiger partial charge in [0.05, 0.1) is 14.2 Å². The number of nitrogens with zero attached hydrogens (tertiary/aromatic N) is 1. The van der Waals surface area contributed by atoms with Gasteiger partial charge in [0.2, 0.25) is 10.0 Å². The molecule has 1 atom stereocenters.